The van der Waals surface area contributed by atoms with Gasteiger partial charge in [-0.15, -0.1) is 0 Å². The Bertz CT molecular complexity index is 713. The summed E-state index contributed by atoms with van der Waals surface area (Å²) < 4.78 is 26.4. The standard InChI is InChI=1S/C11H19N5O2S/c1-5-15-10-9(8(3)14-15)13-11(12)16(10)7(2)6-19(4,17)18/h7H,5-6H2,1-4H3,(H2,12,13). The lowest BCUT2D eigenvalue weighted by Crippen LogP contribution is -2.19. The minimum absolute atomic E-state index is 0.0244. The van der Waals surface area contributed by atoms with Crippen LogP contribution in [0.15, 0.2) is 0 Å². The number of fused-ring (bicyclic) bond motifs is 1. The molecule has 0 saturated heterocycles. The number of aryl methyl sites for hydroxylation is 2. The Morgan fingerprint density at radius 2 is 2.05 bits per heavy atom. The third-order valence-corrected chi connectivity index (χ3v) is 4.14. The molecule has 0 spiro atoms. The van der Waals surface area contributed by atoms with Gasteiger partial charge in [0.1, 0.15) is 15.4 Å². The second-order valence-electron chi connectivity index (χ2n) is 4.85. The van der Waals surface area contributed by atoms with Gasteiger partial charge >= 0.3 is 0 Å². The minimum Gasteiger partial charge on any atom is -0.369 e. The summed E-state index contributed by atoms with van der Waals surface area (Å²) in [6.45, 7) is 6.34. The van der Waals surface area contributed by atoms with Crippen molar-refractivity contribution in [1.82, 2.24) is 19.3 Å². The van der Waals surface area contributed by atoms with Crippen LogP contribution in [-0.2, 0) is 16.4 Å². The topological polar surface area (TPSA) is 95.8 Å². The Morgan fingerprint density at radius 3 is 2.58 bits per heavy atom. The van der Waals surface area contributed by atoms with Crippen molar-refractivity contribution in [2.45, 2.75) is 33.4 Å². The van der Waals surface area contributed by atoms with Crippen molar-refractivity contribution >= 4 is 26.9 Å². The quantitative estimate of drug-likeness (QED) is 0.894. The van der Waals surface area contributed by atoms with Crippen LogP contribution >= 0.6 is 0 Å². The number of anilines is 1. The molecule has 0 aliphatic carbocycles. The van der Waals surface area contributed by atoms with Gasteiger partial charge in [0.25, 0.3) is 0 Å². The molecule has 1 atom stereocenters. The fraction of sp³-hybridized carbons (Fsp3) is 0.636. The Balaban J connectivity index is 2.62. The summed E-state index contributed by atoms with van der Waals surface area (Å²) in [7, 11) is -3.08. The fourth-order valence-corrected chi connectivity index (χ4v) is 3.40. The number of nitrogens with zero attached hydrogens (tertiary/aromatic N) is 4. The Kier molecular flexibility index (Phi) is 3.29. The van der Waals surface area contributed by atoms with Crippen molar-refractivity contribution in [1.29, 1.82) is 0 Å². The van der Waals surface area contributed by atoms with Crippen molar-refractivity contribution < 1.29 is 8.42 Å². The molecule has 2 rings (SSSR count). The maximum absolute atomic E-state index is 11.4. The van der Waals surface area contributed by atoms with Gasteiger partial charge in [0.2, 0.25) is 5.95 Å². The summed E-state index contributed by atoms with van der Waals surface area (Å²) in [6, 6.07) is -0.276. The number of aromatic nitrogens is 4. The van der Waals surface area contributed by atoms with Gasteiger partial charge in [0, 0.05) is 18.8 Å². The fourth-order valence-electron chi connectivity index (χ4n) is 2.37. The van der Waals surface area contributed by atoms with Gasteiger partial charge in [0.05, 0.1) is 11.4 Å². The summed E-state index contributed by atoms with van der Waals surface area (Å²) in [5, 5.41) is 4.38. The van der Waals surface area contributed by atoms with Gasteiger partial charge < -0.3 is 5.73 Å². The first-order valence-corrected chi connectivity index (χ1v) is 8.19. The number of rotatable bonds is 4. The van der Waals surface area contributed by atoms with Crippen molar-refractivity contribution in [3.05, 3.63) is 5.69 Å². The molecule has 8 heteroatoms. The summed E-state index contributed by atoms with van der Waals surface area (Å²) >= 11 is 0. The molecule has 2 aromatic heterocycles. The monoisotopic (exact) mass is 285 g/mol. The normalized spacial score (nSPS) is 14.1. The van der Waals surface area contributed by atoms with Gasteiger partial charge in [-0.2, -0.15) is 5.10 Å². The maximum Gasteiger partial charge on any atom is 0.202 e. The van der Waals surface area contributed by atoms with Gasteiger partial charge in [0.15, 0.2) is 5.65 Å². The van der Waals surface area contributed by atoms with E-state index in [2.05, 4.69) is 10.1 Å². The number of sulfone groups is 1. The van der Waals surface area contributed by atoms with Crippen molar-refractivity contribution in [2.75, 3.05) is 17.7 Å². The Hall–Kier alpha value is -1.57. The van der Waals surface area contributed by atoms with E-state index in [1.54, 1.807) is 9.25 Å². The SMILES string of the molecule is CCn1nc(C)c2nc(N)n(C(C)CS(C)(=O)=O)c21. The Labute approximate surface area is 112 Å². The maximum atomic E-state index is 11.4. The predicted molar refractivity (Wildman–Crippen MR) is 74.8 cm³/mol. The molecule has 2 heterocycles. The number of hydrogen-bond acceptors (Lipinski definition) is 5. The molecule has 0 aromatic carbocycles. The van der Waals surface area contributed by atoms with Crippen molar-refractivity contribution in [3.63, 3.8) is 0 Å². The van der Waals surface area contributed by atoms with E-state index >= 15 is 0 Å². The molecular formula is C11H19N5O2S. The second-order valence-corrected chi connectivity index (χ2v) is 7.04. The highest BCUT2D eigenvalue weighted by molar-refractivity contribution is 7.90. The summed E-state index contributed by atoms with van der Waals surface area (Å²) in [5.41, 5.74) is 8.25. The predicted octanol–water partition coefficient (Wildman–Crippen LogP) is 0.749. The van der Waals surface area contributed by atoms with E-state index in [-0.39, 0.29) is 11.8 Å². The van der Waals surface area contributed by atoms with E-state index < -0.39 is 9.84 Å². The lowest BCUT2D eigenvalue weighted by atomic mass is 10.3. The van der Waals surface area contributed by atoms with Gasteiger partial charge in [-0.1, -0.05) is 0 Å². The molecule has 0 saturated carbocycles. The third-order valence-electron chi connectivity index (χ3n) is 3.06. The molecule has 0 radical (unpaired) electrons. The zero-order chi connectivity index (χ0) is 14.4. The van der Waals surface area contributed by atoms with E-state index in [9.17, 15) is 8.42 Å². The molecule has 0 aliphatic rings. The number of hydrogen-bond donors (Lipinski definition) is 1. The third kappa shape index (κ3) is 2.44. The van der Waals surface area contributed by atoms with Gasteiger partial charge in [-0.05, 0) is 20.8 Å². The zero-order valence-electron chi connectivity index (χ0n) is 11.6. The summed E-state index contributed by atoms with van der Waals surface area (Å²) in [4.78, 5) is 4.29. The minimum atomic E-state index is -3.08. The van der Waals surface area contributed by atoms with E-state index in [4.69, 9.17) is 5.73 Å². The molecule has 2 N–H and O–H groups in total. The van der Waals surface area contributed by atoms with Crippen LogP contribution in [-0.4, -0.2) is 39.8 Å². The summed E-state index contributed by atoms with van der Waals surface area (Å²) in [6.07, 6.45) is 1.22. The highest BCUT2D eigenvalue weighted by atomic mass is 32.2. The molecule has 0 amide bonds. The van der Waals surface area contributed by atoms with E-state index in [0.29, 0.717) is 12.5 Å². The highest BCUT2D eigenvalue weighted by Crippen LogP contribution is 2.25. The highest BCUT2D eigenvalue weighted by Gasteiger charge is 2.22. The first-order valence-electron chi connectivity index (χ1n) is 6.13. The molecule has 19 heavy (non-hydrogen) atoms. The van der Waals surface area contributed by atoms with E-state index in [1.165, 1.54) is 6.26 Å². The first kappa shape index (κ1) is 13.9. The van der Waals surface area contributed by atoms with Crippen LogP contribution in [0, 0.1) is 6.92 Å². The van der Waals surface area contributed by atoms with Crippen molar-refractivity contribution in [3.8, 4) is 0 Å². The zero-order valence-corrected chi connectivity index (χ0v) is 12.4. The lowest BCUT2D eigenvalue weighted by molar-refractivity contribution is 0.559. The molecule has 106 valence electrons. The van der Waals surface area contributed by atoms with Crippen LogP contribution in [0.2, 0.25) is 0 Å². The van der Waals surface area contributed by atoms with Crippen molar-refractivity contribution in [2.24, 2.45) is 0 Å². The summed E-state index contributed by atoms with van der Waals surface area (Å²) in [5.74, 6) is 0.352. The number of nitrogen functional groups attached to an aromatic ring is 1. The molecule has 2 aromatic rings. The lowest BCUT2D eigenvalue weighted by Gasteiger charge is -2.15. The molecule has 0 fully saturated rings. The molecular weight excluding hydrogens is 266 g/mol. The average Bonchev–Trinajstić information content (AvgIpc) is 2.73. The van der Waals surface area contributed by atoms with Crippen LogP contribution in [0.1, 0.15) is 25.6 Å². The van der Waals surface area contributed by atoms with E-state index in [1.807, 2.05) is 20.8 Å². The van der Waals surface area contributed by atoms with Crippen LogP contribution in [0.5, 0.6) is 0 Å². The second kappa shape index (κ2) is 4.52. The van der Waals surface area contributed by atoms with Gasteiger partial charge in [-0.3, -0.25) is 4.57 Å². The van der Waals surface area contributed by atoms with Crippen LogP contribution in [0.25, 0.3) is 11.2 Å². The van der Waals surface area contributed by atoms with Gasteiger partial charge in [-0.25, -0.2) is 18.1 Å². The largest absolute Gasteiger partial charge is 0.369 e. The van der Waals surface area contributed by atoms with E-state index in [0.717, 1.165) is 16.9 Å². The Morgan fingerprint density at radius 1 is 1.42 bits per heavy atom. The molecule has 7 nitrogen and oxygen atoms in total. The number of imidazole rings is 1. The molecule has 1 unspecified atom stereocenters. The smallest absolute Gasteiger partial charge is 0.202 e. The van der Waals surface area contributed by atoms with Crippen LogP contribution < -0.4 is 5.73 Å². The molecule has 0 bridgehead atoms. The molecule has 0 aliphatic heterocycles. The number of nitrogens with two attached hydrogens (primary N) is 1. The van der Waals surface area contributed by atoms with Crippen LogP contribution in [0.4, 0.5) is 5.95 Å². The first-order chi connectivity index (χ1) is 8.74. The van der Waals surface area contributed by atoms with Crippen LogP contribution in [0.3, 0.4) is 0 Å². The average molecular weight is 285 g/mol.